The first-order valence-electron chi connectivity index (χ1n) is 5.50. The zero-order chi connectivity index (χ0) is 13.3. The Morgan fingerprint density at radius 1 is 1.39 bits per heavy atom. The summed E-state index contributed by atoms with van der Waals surface area (Å²) >= 11 is 3.34. The molecule has 1 aliphatic rings. The minimum atomic E-state index is -0.999. The number of amides is 3. The third-order valence-corrected chi connectivity index (χ3v) is 3.54. The number of urea groups is 1. The molecule has 1 aromatic carbocycles. The fraction of sp³-hybridized carbons (Fsp3) is 0.231. The topological polar surface area (TPSA) is 49.4 Å². The second-order valence-electron chi connectivity index (χ2n) is 4.27. The van der Waals surface area contributed by atoms with Gasteiger partial charge in [0.1, 0.15) is 5.54 Å². The third-order valence-electron chi connectivity index (χ3n) is 3.01. The molecule has 0 bridgehead atoms. The zero-order valence-electron chi connectivity index (χ0n) is 9.94. The van der Waals surface area contributed by atoms with E-state index >= 15 is 0 Å². The molecule has 1 aliphatic heterocycles. The summed E-state index contributed by atoms with van der Waals surface area (Å²) in [5.41, 5.74) is -0.239. The molecule has 3 amide bonds. The summed E-state index contributed by atoms with van der Waals surface area (Å²) in [4.78, 5) is 25.2. The lowest BCUT2D eigenvalue weighted by molar-refractivity contribution is -0.130. The van der Waals surface area contributed by atoms with E-state index < -0.39 is 5.54 Å². The monoisotopic (exact) mass is 308 g/mol. The molecule has 1 heterocycles. The summed E-state index contributed by atoms with van der Waals surface area (Å²) < 4.78 is 0.926. The van der Waals surface area contributed by atoms with E-state index in [0.717, 1.165) is 14.9 Å². The predicted octanol–water partition coefficient (Wildman–Crippen LogP) is 2.40. The molecule has 1 fully saturated rings. The fourth-order valence-corrected chi connectivity index (χ4v) is 2.24. The SMILES string of the molecule is C=CCN1C(=O)N[C@@](C)(c2ccc(Br)cc2)C1=O. The van der Waals surface area contributed by atoms with E-state index in [1.807, 2.05) is 24.3 Å². The van der Waals surface area contributed by atoms with E-state index in [2.05, 4.69) is 27.8 Å². The highest BCUT2D eigenvalue weighted by Crippen LogP contribution is 2.29. The number of hydrogen-bond acceptors (Lipinski definition) is 2. The van der Waals surface area contributed by atoms with Gasteiger partial charge in [0.05, 0.1) is 0 Å². The van der Waals surface area contributed by atoms with Crippen LogP contribution in [0.2, 0.25) is 0 Å². The summed E-state index contributed by atoms with van der Waals surface area (Å²) in [5.74, 6) is -0.255. The molecule has 1 atom stereocenters. The quantitative estimate of drug-likeness (QED) is 0.688. The number of nitrogens with zero attached hydrogens (tertiary/aromatic N) is 1. The Morgan fingerprint density at radius 2 is 2.00 bits per heavy atom. The van der Waals surface area contributed by atoms with Crippen LogP contribution < -0.4 is 5.32 Å². The van der Waals surface area contributed by atoms with Gasteiger partial charge in [-0.15, -0.1) is 6.58 Å². The van der Waals surface area contributed by atoms with Gasteiger partial charge in [-0.05, 0) is 24.6 Å². The van der Waals surface area contributed by atoms with Crippen LogP contribution in [0.15, 0.2) is 41.4 Å². The number of carbonyl (C=O) groups is 2. The summed E-state index contributed by atoms with van der Waals surface area (Å²) in [6, 6.07) is 6.94. The number of rotatable bonds is 3. The largest absolute Gasteiger partial charge is 0.325 e. The van der Waals surface area contributed by atoms with E-state index in [9.17, 15) is 9.59 Å². The number of hydrogen-bond donors (Lipinski definition) is 1. The molecule has 1 aromatic rings. The number of halogens is 1. The highest BCUT2D eigenvalue weighted by atomic mass is 79.9. The molecule has 1 saturated heterocycles. The molecule has 94 valence electrons. The molecular formula is C13H13BrN2O2. The summed E-state index contributed by atoms with van der Waals surface area (Å²) in [6.45, 7) is 5.47. The predicted molar refractivity (Wildman–Crippen MR) is 71.9 cm³/mol. The van der Waals surface area contributed by atoms with Crippen molar-refractivity contribution in [3.05, 3.63) is 47.0 Å². The molecule has 4 nitrogen and oxygen atoms in total. The minimum Gasteiger partial charge on any atom is -0.319 e. The van der Waals surface area contributed by atoms with Gasteiger partial charge in [0.15, 0.2) is 0 Å². The first kappa shape index (κ1) is 12.8. The van der Waals surface area contributed by atoms with Crippen molar-refractivity contribution in [3.8, 4) is 0 Å². The van der Waals surface area contributed by atoms with Gasteiger partial charge in [-0.3, -0.25) is 9.69 Å². The van der Waals surface area contributed by atoms with Crippen LogP contribution in [-0.4, -0.2) is 23.4 Å². The molecule has 0 aliphatic carbocycles. The molecule has 0 spiro atoms. The molecule has 18 heavy (non-hydrogen) atoms. The van der Waals surface area contributed by atoms with E-state index in [4.69, 9.17) is 0 Å². The Morgan fingerprint density at radius 3 is 2.56 bits per heavy atom. The van der Waals surface area contributed by atoms with Crippen molar-refractivity contribution in [1.29, 1.82) is 0 Å². The number of benzene rings is 1. The first-order chi connectivity index (χ1) is 8.49. The Labute approximate surface area is 114 Å². The summed E-state index contributed by atoms with van der Waals surface area (Å²) in [7, 11) is 0. The maximum Gasteiger partial charge on any atom is 0.325 e. The fourth-order valence-electron chi connectivity index (χ4n) is 1.97. The van der Waals surface area contributed by atoms with Gasteiger partial charge >= 0.3 is 6.03 Å². The van der Waals surface area contributed by atoms with Gasteiger partial charge in [-0.1, -0.05) is 34.1 Å². The molecule has 1 N–H and O–H groups in total. The standard InChI is InChI=1S/C13H13BrN2O2/c1-3-8-16-11(17)13(2,15-12(16)18)9-4-6-10(14)7-5-9/h3-7H,1,8H2,2H3,(H,15,18)/t13-/m0/s1. The van der Waals surface area contributed by atoms with Crippen LogP contribution in [-0.2, 0) is 10.3 Å². The van der Waals surface area contributed by atoms with Crippen molar-refractivity contribution in [2.75, 3.05) is 6.54 Å². The van der Waals surface area contributed by atoms with Crippen molar-refractivity contribution in [3.63, 3.8) is 0 Å². The van der Waals surface area contributed by atoms with E-state index in [1.165, 1.54) is 6.08 Å². The lowest BCUT2D eigenvalue weighted by atomic mass is 9.92. The average molecular weight is 309 g/mol. The summed E-state index contributed by atoms with van der Waals surface area (Å²) in [6.07, 6.45) is 1.53. The van der Waals surface area contributed by atoms with Crippen LogP contribution in [0, 0.1) is 0 Å². The number of carbonyl (C=O) groups excluding carboxylic acids is 2. The van der Waals surface area contributed by atoms with Gasteiger partial charge in [0, 0.05) is 11.0 Å². The van der Waals surface area contributed by atoms with E-state index in [0.29, 0.717) is 0 Å². The average Bonchev–Trinajstić information content (AvgIpc) is 2.55. The molecule has 0 aromatic heterocycles. The minimum absolute atomic E-state index is 0.219. The lowest BCUT2D eigenvalue weighted by Crippen LogP contribution is -2.40. The lowest BCUT2D eigenvalue weighted by Gasteiger charge is -2.22. The van der Waals surface area contributed by atoms with Crippen LogP contribution in [0.25, 0.3) is 0 Å². The van der Waals surface area contributed by atoms with Crippen LogP contribution in [0.1, 0.15) is 12.5 Å². The zero-order valence-corrected chi connectivity index (χ0v) is 11.5. The highest BCUT2D eigenvalue weighted by Gasteiger charge is 2.48. The smallest absolute Gasteiger partial charge is 0.319 e. The third kappa shape index (κ3) is 1.95. The molecule has 0 saturated carbocycles. The van der Waals surface area contributed by atoms with Crippen molar-refractivity contribution < 1.29 is 9.59 Å². The summed E-state index contributed by atoms with van der Waals surface area (Å²) in [5, 5.41) is 2.73. The maximum absolute atomic E-state index is 12.3. The Kier molecular flexibility index (Phi) is 3.26. The molecule has 0 unspecified atom stereocenters. The normalized spacial score (nSPS) is 23.1. The van der Waals surface area contributed by atoms with Gasteiger partial charge in [0.2, 0.25) is 0 Å². The van der Waals surface area contributed by atoms with Crippen molar-refractivity contribution in [2.24, 2.45) is 0 Å². The molecule has 0 radical (unpaired) electrons. The van der Waals surface area contributed by atoms with Gasteiger partial charge in [-0.2, -0.15) is 0 Å². The Balaban J connectivity index is 2.38. The Bertz CT molecular complexity index is 512. The highest BCUT2D eigenvalue weighted by molar-refractivity contribution is 9.10. The van der Waals surface area contributed by atoms with Crippen LogP contribution in [0.5, 0.6) is 0 Å². The van der Waals surface area contributed by atoms with Crippen LogP contribution in [0.4, 0.5) is 4.79 Å². The second-order valence-corrected chi connectivity index (χ2v) is 5.18. The molecule has 5 heteroatoms. The van der Waals surface area contributed by atoms with Crippen LogP contribution >= 0.6 is 15.9 Å². The van der Waals surface area contributed by atoms with E-state index in [-0.39, 0.29) is 18.5 Å². The first-order valence-corrected chi connectivity index (χ1v) is 6.29. The van der Waals surface area contributed by atoms with Crippen molar-refractivity contribution in [2.45, 2.75) is 12.5 Å². The Hall–Kier alpha value is -1.62. The van der Waals surface area contributed by atoms with E-state index in [1.54, 1.807) is 6.92 Å². The number of imide groups is 1. The second kappa shape index (κ2) is 4.57. The maximum atomic E-state index is 12.3. The number of nitrogens with one attached hydrogen (secondary N) is 1. The van der Waals surface area contributed by atoms with Gasteiger partial charge in [0.25, 0.3) is 5.91 Å². The van der Waals surface area contributed by atoms with Gasteiger partial charge < -0.3 is 5.32 Å². The molecular weight excluding hydrogens is 296 g/mol. The van der Waals surface area contributed by atoms with Crippen molar-refractivity contribution in [1.82, 2.24) is 10.2 Å². The van der Waals surface area contributed by atoms with Gasteiger partial charge in [-0.25, -0.2) is 4.79 Å². The van der Waals surface area contributed by atoms with Crippen molar-refractivity contribution >= 4 is 27.9 Å². The van der Waals surface area contributed by atoms with Crippen LogP contribution in [0.3, 0.4) is 0 Å². The molecule has 2 rings (SSSR count).